The summed E-state index contributed by atoms with van der Waals surface area (Å²) in [7, 11) is 0. The van der Waals surface area contributed by atoms with Crippen LogP contribution in [0, 0.1) is 5.92 Å². The van der Waals surface area contributed by atoms with E-state index in [0.29, 0.717) is 5.92 Å². The zero-order chi connectivity index (χ0) is 10.6. The third-order valence-corrected chi connectivity index (χ3v) is 2.74. The van der Waals surface area contributed by atoms with Gasteiger partial charge >= 0.3 is 5.97 Å². The molecule has 0 heterocycles. The van der Waals surface area contributed by atoms with Crippen LogP contribution in [0.4, 0.5) is 0 Å². The van der Waals surface area contributed by atoms with Crippen molar-refractivity contribution in [2.75, 3.05) is 13.1 Å². The van der Waals surface area contributed by atoms with Crippen LogP contribution in [-0.2, 0) is 4.79 Å². The molecule has 0 spiro atoms. The molecule has 1 fully saturated rings. The van der Waals surface area contributed by atoms with Gasteiger partial charge in [0, 0.05) is 0 Å². The Morgan fingerprint density at radius 3 is 2.14 bits per heavy atom. The monoisotopic (exact) mass is 199 g/mol. The molecule has 14 heavy (non-hydrogen) atoms. The highest BCUT2D eigenvalue weighted by molar-refractivity contribution is 5.74. The van der Waals surface area contributed by atoms with Crippen molar-refractivity contribution < 1.29 is 9.90 Å². The minimum Gasteiger partial charge on any atom is -0.480 e. The lowest BCUT2D eigenvalue weighted by Crippen LogP contribution is -2.43. The van der Waals surface area contributed by atoms with Crippen LogP contribution in [0.25, 0.3) is 0 Å². The van der Waals surface area contributed by atoms with Gasteiger partial charge in [0.15, 0.2) is 0 Å². The number of hydrogen-bond acceptors (Lipinski definition) is 2. The van der Waals surface area contributed by atoms with Gasteiger partial charge in [-0.15, -0.1) is 0 Å². The first-order valence-electron chi connectivity index (χ1n) is 5.67. The lowest BCUT2D eigenvalue weighted by atomic mass is 10.1. The average molecular weight is 199 g/mol. The SMILES string of the molecule is CCCN(CCC)C(C(=O)O)C1CC1. The van der Waals surface area contributed by atoms with Crippen LogP contribution in [0.1, 0.15) is 39.5 Å². The van der Waals surface area contributed by atoms with Crippen LogP contribution in [0.2, 0.25) is 0 Å². The Kier molecular flexibility index (Phi) is 4.39. The minimum absolute atomic E-state index is 0.213. The van der Waals surface area contributed by atoms with Crippen LogP contribution in [0.5, 0.6) is 0 Å². The molecule has 82 valence electrons. The molecule has 1 N–H and O–H groups in total. The van der Waals surface area contributed by atoms with Gasteiger partial charge < -0.3 is 5.11 Å². The van der Waals surface area contributed by atoms with Crippen molar-refractivity contribution in [2.45, 2.75) is 45.6 Å². The van der Waals surface area contributed by atoms with Crippen molar-refractivity contribution in [1.82, 2.24) is 4.90 Å². The highest BCUT2D eigenvalue weighted by Gasteiger charge is 2.39. The molecule has 0 radical (unpaired) electrons. The van der Waals surface area contributed by atoms with Gasteiger partial charge in [-0.3, -0.25) is 9.69 Å². The molecule has 1 aliphatic rings. The molecule has 1 rings (SSSR count). The number of carbonyl (C=O) groups is 1. The summed E-state index contributed by atoms with van der Waals surface area (Å²) in [6.45, 7) is 6.05. The van der Waals surface area contributed by atoms with Crippen molar-refractivity contribution in [1.29, 1.82) is 0 Å². The van der Waals surface area contributed by atoms with Crippen LogP contribution < -0.4 is 0 Å². The van der Waals surface area contributed by atoms with E-state index in [0.717, 1.165) is 38.8 Å². The molecule has 0 bridgehead atoms. The fraction of sp³-hybridized carbons (Fsp3) is 0.909. The van der Waals surface area contributed by atoms with E-state index in [2.05, 4.69) is 18.7 Å². The summed E-state index contributed by atoms with van der Waals surface area (Å²) in [4.78, 5) is 13.3. The number of nitrogens with zero attached hydrogens (tertiary/aromatic N) is 1. The van der Waals surface area contributed by atoms with Gasteiger partial charge in [0.25, 0.3) is 0 Å². The molecule has 0 saturated heterocycles. The summed E-state index contributed by atoms with van der Waals surface area (Å²) in [5.41, 5.74) is 0. The molecule has 0 aromatic carbocycles. The number of rotatable bonds is 7. The van der Waals surface area contributed by atoms with Gasteiger partial charge in [0.1, 0.15) is 6.04 Å². The van der Waals surface area contributed by atoms with E-state index in [9.17, 15) is 4.79 Å². The molecule has 0 amide bonds. The lowest BCUT2D eigenvalue weighted by Gasteiger charge is -2.28. The second-order valence-electron chi connectivity index (χ2n) is 4.16. The van der Waals surface area contributed by atoms with Gasteiger partial charge in [-0.2, -0.15) is 0 Å². The minimum atomic E-state index is -0.630. The maximum absolute atomic E-state index is 11.1. The van der Waals surface area contributed by atoms with Crippen LogP contribution in [0.15, 0.2) is 0 Å². The summed E-state index contributed by atoms with van der Waals surface area (Å²) in [5.74, 6) is -0.208. The summed E-state index contributed by atoms with van der Waals surface area (Å²) < 4.78 is 0. The molecular weight excluding hydrogens is 178 g/mol. The van der Waals surface area contributed by atoms with Crippen molar-refractivity contribution in [3.05, 3.63) is 0 Å². The van der Waals surface area contributed by atoms with E-state index in [1.165, 1.54) is 0 Å². The maximum Gasteiger partial charge on any atom is 0.321 e. The number of carboxylic acids is 1. The topological polar surface area (TPSA) is 40.5 Å². The Hall–Kier alpha value is -0.570. The van der Waals surface area contributed by atoms with Crippen molar-refractivity contribution in [3.63, 3.8) is 0 Å². The second kappa shape index (κ2) is 5.35. The van der Waals surface area contributed by atoms with Crippen molar-refractivity contribution in [3.8, 4) is 0 Å². The van der Waals surface area contributed by atoms with E-state index >= 15 is 0 Å². The fourth-order valence-electron chi connectivity index (χ4n) is 2.03. The van der Waals surface area contributed by atoms with Gasteiger partial charge in [-0.05, 0) is 44.7 Å². The Labute approximate surface area is 86.1 Å². The van der Waals surface area contributed by atoms with E-state index in [1.54, 1.807) is 0 Å². The molecule has 0 aromatic rings. The highest BCUT2D eigenvalue weighted by Crippen LogP contribution is 2.35. The largest absolute Gasteiger partial charge is 0.480 e. The van der Waals surface area contributed by atoms with Crippen LogP contribution in [0.3, 0.4) is 0 Å². The Bertz CT molecular complexity index is 184. The highest BCUT2D eigenvalue weighted by atomic mass is 16.4. The quantitative estimate of drug-likeness (QED) is 0.681. The Morgan fingerprint density at radius 2 is 1.86 bits per heavy atom. The Balaban J connectivity index is 2.55. The van der Waals surface area contributed by atoms with Gasteiger partial charge in [0.05, 0.1) is 0 Å². The van der Waals surface area contributed by atoms with Gasteiger partial charge in [-0.25, -0.2) is 0 Å². The van der Waals surface area contributed by atoms with E-state index < -0.39 is 5.97 Å². The predicted octanol–water partition coefficient (Wildman–Crippen LogP) is 1.97. The first kappa shape index (κ1) is 11.5. The van der Waals surface area contributed by atoms with Gasteiger partial charge in [0.2, 0.25) is 0 Å². The zero-order valence-corrected chi connectivity index (χ0v) is 9.20. The Morgan fingerprint density at radius 1 is 1.36 bits per heavy atom. The average Bonchev–Trinajstić information content (AvgIpc) is 2.89. The molecule has 0 aromatic heterocycles. The normalized spacial score (nSPS) is 18.5. The summed E-state index contributed by atoms with van der Waals surface area (Å²) in [6.07, 6.45) is 4.27. The van der Waals surface area contributed by atoms with Crippen LogP contribution >= 0.6 is 0 Å². The zero-order valence-electron chi connectivity index (χ0n) is 9.20. The molecule has 0 aliphatic heterocycles. The smallest absolute Gasteiger partial charge is 0.321 e. The first-order valence-corrected chi connectivity index (χ1v) is 5.67. The lowest BCUT2D eigenvalue weighted by molar-refractivity contribution is -0.144. The van der Waals surface area contributed by atoms with Crippen molar-refractivity contribution >= 4 is 5.97 Å². The van der Waals surface area contributed by atoms with E-state index in [1.807, 2.05) is 0 Å². The van der Waals surface area contributed by atoms with Gasteiger partial charge in [-0.1, -0.05) is 13.8 Å². The number of aliphatic carboxylic acids is 1. The fourth-order valence-corrected chi connectivity index (χ4v) is 2.03. The van der Waals surface area contributed by atoms with E-state index in [4.69, 9.17) is 5.11 Å². The maximum atomic E-state index is 11.1. The molecule has 1 unspecified atom stereocenters. The predicted molar refractivity (Wildman–Crippen MR) is 56.3 cm³/mol. The summed E-state index contributed by atoms with van der Waals surface area (Å²) >= 11 is 0. The second-order valence-corrected chi connectivity index (χ2v) is 4.16. The van der Waals surface area contributed by atoms with E-state index in [-0.39, 0.29) is 6.04 Å². The number of hydrogen-bond donors (Lipinski definition) is 1. The number of carboxylic acid groups (broad SMARTS) is 1. The van der Waals surface area contributed by atoms with Crippen LogP contribution in [-0.4, -0.2) is 35.1 Å². The standard InChI is InChI=1S/C11H21NO2/c1-3-7-12(8-4-2)10(11(13)14)9-5-6-9/h9-10H,3-8H2,1-2H3,(H,13,14). The molecule has 1 atom stereocenters. The molecule has 3 nitrogen and oxygen atoms in total. The molecular formula is C11H21NO2. The molecule has 1 aliphatic carbocycles. The summed E-state index contributed by atoms with van der Waals surface area (Å²) in [5, 5.41) is 9.17. The third-order valence-electron chi connectivity index (χ3n) is 2.74. The molecule has 1 saturated carbocycles. The third kappa shape index (κ3) is 2.98. The first-order chi connectivity index (χ1) is 6.70. The van der Waals surface area contributed by atoms with Crippen molar-refractivity contribution in [2.24, 2.45) is 5.92 Å². The molecule has 3 heteroatoms. The summed E-state index contributed by atoms with van der Waals surface area (Å²) in [6, 6.07) is -0.213.